The third-order valence-corrected chi connectivity index (χ3v) is 3.86. The van der Waals surface area contributed by atoms with Gasteiger partial charge in [0, 0.05) is 29.5 Å². The highest BCUT2D eigenvalue weighted by Crippen LogP contribution is 2.18. The van der Waals surface area contributed by atoms with Crippen molar-refractivity contribution in [2.75, 3.05) is 6.54 Å². The van der Waals surface area contributed by atoms with Gasteiger partial charge in [-0.05, 0) is 47.9 Å². The van der Waals surface area contributed by atoms with E-state index in [1.165, 1.54) is 11.1 Å². The van der Waals surface area contributed by atoms with E-state index in [2.05, 4.69) is 45.6 Å². The SMILES string of the molecule is Clc1cccc(CCNCc2cccc(-c3cncnc3)c2)c1. The topological polar surface area (TPSA) is 37.8 Å². The molecule has 0 amide bonds. The Labute approximate surface area is 141 Å². The predicted molar refractivity (Wildman–Crippen MR) is 94.3 cm³/mol. The van der Waals surface area contributed by atoms with Crippen LogP contribution >= 0.6 is 11.6 Å². The van der Waals surface area contributed by atoms with E-state index in [1.807, 2.05) is 30.6 Å². The fraction of sp³-hybridized carbons (Fsp3) is 0.158. The van der Waals surface area contributed by atoms with Gasteiger partial charge in [-0.25, -0.2) is 9.97 Å². The molecule has 0 saturated heterocycles. The van der Waals surface area contributed by atoms with Crippen LogP contribution in [0.3, 0.4) is 0 Å². The lowest BCUT2D eigenvalue weighted by Gasteiger charge is -2.07. The Hall–Kier alpha value is -2.23. The summed E-state index contributed by atoms with van der Waals surface area (Å²) in [6.45, 7) is 1.75. The zero-order valence-electron chi connectivity index (χ0n) is 12.7. The predicted octanol–water partition coefficient (Wildman–Crippen LogP) is 4.13. The molecule has 3 rings (SSSR count). The Kier molecular flexibility index (Phi) is 5.35. The number of aromatic nitrogens is 2. The van der Waals surface area contributed by atoms with Crippen LogP contribution in [0.2, 0.25) is 5.02 Å². The van der Waals surface area contributed by atoms with E-state index in [1.54, 1.807) is 6.33 Å². The summed E-state index contributed by atoms with van der Waals surface area (Å²) < 4.78 is 0. The third kappa shape index (κ3) is 4.62. The fourth-order valence-electron chi connectivity index (χ4n) is 2.47. The summed E-state index contributed by atoms with van der Waals surface area (Å²) in [5, 5.41) is 4.27. The lowest BCUT2D eigenvalue weighted by atomic mass is 10.1. The largest absolute Gasteiger partial charge is 0.312 e. The van der Waals surface area contributed by atoms with Crippen molar-refractivity contribution in [1.82, 2.24) is 15.3 Å². The highest BCUT2D eigenvalue weighted by atomic mass is 35.5. The first-order valence-electron chi connectivity index (χ1n) is 7.61. The van der Waals surface area contributed by atoms with Crippen LogP contribution in [0.1, 0.15) is 11.1 Å². The van der Waals surface area contributed by atoms with Crippen LogP contribution in [0.15, 0.2) is 67.3 Å². The minimum absolute atomic E-state index is 0.792. The molecule has 3 nitrogen and oxygen atoms in total. The van der Waals surface area contributed by atoms with Crippen molar-refractivity contribution in [3.63, 3.8) is 0 Å². The van der Waals surface area contributed by atoms with Crippen LogP contribution < -0.4 is 5.32 Å². The van der Waals surface area contributed by atoms with Gasteiger partial charge in [-0.2, -0.15) is 0 Å². The smallest absolute Gasteiger partial charge is 0.115 e. The molecule has 1 heterocycles. The first kappa shape index (κ1) is 15.7. The molecule has 23 heavy (non-hydrogen) atoms. The van der Waals surface area contributed by atoms with Crippen molar-refractivity contribution in [2.45, 2.75) is 13.0 Å². The van der Waals surface area contributed by atoms with Crippen LogP contribution in [0.4, 0.5) is 0 Å². The number of nitrogens with zero attached hydrogens (tertiary/aromatic N) is 2. The van der Waals surface area contributed by atoms with Gasteiger partial charge in [0.05, 0.1) is 0 Å². The average Bonchev–Trinajstić information content (AvgIpc) is 2.60. The number of halogens is 1. The molecule has 4 heteroatoms. The van der Waals surface area contributed by atoms with E-state index in [-0.39, 0.29) is 0 Å². The third-order valence-electron chi connectivity index (χ3n) is 3.63. The molecule has 0 bridgehead atoms. The van der Waals surface area contributed by atoms with Crippen LogP contribution in [0.5, 0.6) is 0 Å². The highest BCUT2D eigenvalue weighted by molar-refractivity contribution is 6.30. The van der Waals surface area contributed by atoms with Gasteiger partial charge in [0.25, 0.3) is 0 Å². The molecule has 3 aromatic rings. The summed E-state index contributed by atoms with van der Waals surface area (Å²) in [5.74, 6) is 0. The van der Waals surface area contributed by atoms with Crippen LogP contribution in [-0.2, 0) is 13.0 Å². The average molecular weight is 324 g/mol. The number of nitrogens with one attached hydrogen (secondary N) is 1. The molecule has 0 aliphatic rings. The second-order valence-electron chi connectivity index (χ2n) is 5.38. The van der Waals surface area contributed by atoms with E-state index < -0.39 is 0 Å². The van der Waals surface area contributed by atoms with Crippen molar-refractivity contribution in [1.29, 1.82) is 0 Å². The van der Waals surface area contributed by atoms with Gasteiger partial charge in [-0.15, -0.1) is 0 Å². The molecule has 1 N–H and O–H groups in total. The molecule has 0 radical (unpaired) electrons. The van der Waals surface area contributed by atoms with Crippen molar-refractivity contribution >= 4 is 11.6 Å². The maximum atomic E-state index is 6.00. The van der Waals surface area contributed by atoms with Gasteiger partial charge in [0.2, 0.25) is 0 Å². The van der Waals surface area contributed by atoms with E-state index >= 15 is 0 Å². The summed E-state index contributed by atoms with van der Waals surface area (Å²) in [7, 11) is 0. The first-order valence-corrected chi connectivity index (χ1v) is 7.98. The second kappa shape index (κ2) is 7.86. The van der Waals surface area contributed by atoms with Crippen molar-refractivity contribution in [3.8, 4) is 11.1 Å². The van der Waals surface area contributed by atoms with Gasteiger partial charge < -0.3 is 5.32 Å². The van der Waals surface area contributed by atoms with Gasteiger partial charge in [0.15, 0.2) is 0 Å². The maximum absolute atomic E-state index is 6.00. The molecular formula is C19H18ClN3. The standard InChI is InChI=1S/C19H18ClN3/c20-19-6-2-3-15(10-19)7-8-21-11-16-4-1-5-17(9-16)18-12-22-14-23-13-18/h1-6,9-10,12-14,21H,7-8,11H2. The van der Waals surface area contributed by atoms with Gasteiger partial charge >= 0.3 is 0 Å². The van der Waals surface area contributed by atoms with Crippen molar-refractivity contribution < 1.29 is 0 Å². The number of hydrogen-bond donors (Lipinski definition) is 1. The molecule has 2 aromatic carbocycles. The summed E-state index contributed by atoms with van der Waals surface area (Å²) in [4.78, 5) is 8.14. The van der Waals surface area contributed by atoms with Crippen LogP contribution in [-0.4, -0.2) is 16.5 Å². The summed E-state index contributed by atoms with van der Waals surface area (Å²) >= 11 is 6.00. The number of hydrogen-bond acceptors (Lipinski definition) is 3. The summed E-state index contributed by atoms with van der Waals surface area (Å²) in [5.41, 5.74) is 4.67. The van der Waals surface area contributed by atoms with Crippen LogP contribution in [0, 0.1) is 0 Å². The van der Waals surface area contributed by atoms with E-state index in [0.29, 0.717) is 0 Å². The van der Waals surface area contributed by atoms with Gasteiger partial charge in [0.1, 0.15) is 6.33 Å². The molecule has 116 valence electrons. The minimum Gasteiger partial charge on any atom is -0.312 e. The molecular weight excluding hydrogens is 306 g/mol. The zero-order chi connectivity index (χ0) is 15.9. The Morgan fingerprint density at radius 3 is 2.48 bits per heavy atom. The molecule has 0 aliphatic heterocycles. The summed E-state index contributed by atoms with van der Waals surface area (Å²) in [6, 6.07) is 16.4. The molecule has 0 aliphatic carbocycles. The monoisotopic (exact) mass is 323 g/mol. The van der Waals surface area contributed by atoms with E-state index in [4.69, 9.17) is 11.6 Å². The quantitative estimate of drug-likeness (QED) is 0.693. The molecule has 0 fully saturated rings. The minimum atomic E-state index is 0.792. The van der Waals surface area contributed by atoms with Gasteiger partial charge in [-0.3, -0.25) is 0 Å². The Morgan fingerprint density at radius 2 is 1.65 bits per heavy atom. The molecule has 1 aromatic heterocycles. The van der Waals surface area contributed by atoms with E-state index in [9.17, 15) is 0 Å². The lowest BCUT2D eigenvalue weighted by molar-refractivity contribution is 0.687. The molecule has 0 atom stereocenters. The van der Waals surface area contributed by atoms with E-state index in [0.717, 1.165) is 35.7 Å². The molecule has 0 saturated carbocycles. The summed E-state index contributed by atoms with van der Waals surface area (Å²) in [6.07, 6.45) is 6.18. The number of benzene rings is 2. The Balaban J connectivity index is 1.55. The fourth-order valence-corrected chi connectivity index (χ4v) is 2.68. The maximum Gasteiger partial charge on any atom is 0.115 e. The second-order valence-corrected chi connectivity index (χ2v) is 5.82. The van der Waals surface area contributed by atoms with Gasteiger partial charge in [-0.1, -0.05) is 41.9 Å². The van der Waals surface area contributed by atoms with Crippen molar-refractivity contribution in [2.24, 2.45) is 0 Å². The lowest BCUT2D eigenvalue weighted by Crippen LogP contribution is -2.16. The zero-order valence-corrected chi connectivity index (χ0v) is 13.5. The number of rotatable bonds is 6. The highest BCUT2D eigenvalue weighted by Gasteiger charge is 2.00. The van der Waals surface area contributed by atoms with Crippen LogP contribution in [0.25, 0.3) is 11.1 Å². The molecule has 0 unspecified atom stereocenters. The first-order chi connectivity index (χ1) is 11.3. The molecule has 0 spiro atoms. The Morgan fingerprint density at radius 1 is 0.870 bits per heavy atom. The normalized spacial score (nSPS) is 10.7. The Bertz CT molecular complexity index is 759. The van der Waals surface area contributed by atoms with Crippen molar-refractivity contribution in [3.05, 3.63) is 83.4 Å².